The first-order valence-electron chi connectivity index (χ1n) is 8.16. The van der Waals surface area contributed by atoms with Crippen LogP contribution in [0.25, 0.3) is 33.5 Å². The van der Waals surface area contributed by atoms with Gasteiger partial charge in [-0.25, -0.2) is 19.3 Å². The molecule has 0 aliphatic heterocycles. The quantitative estimate of drug-likeness (QED) is 0.601. The van der Waals surface area contributed by atoms with Gasteiger partial charge in [0.1, 0.15) is 17.3 Å². The number of halogens is 1. The summed E-state index contributed by atoms with van der Waals surface area (Å²) >= 11 is 0. The van der Waals surface area contributed by atoms with Crippen LogP contribution < -0.4 is 5.32 Å². The Kier molecular flexibility index (Phi) is 4.15. The zero-order valence-electron chi connectivity index (χ0n) is 14.3. The predicted molar refractivity (Wildman–Crippen MR) is 100 cm³/mol. The molecule has 0 spiro atoms. The van der Waals surface area contributed by atoms with Crippen molar-refractivity contribution in [3.63, 3.8) is 0 Å². The van der Waals surface area contributed by atoms with Crippen molar-refractivity contribution in [1.29, 1.82) is 5.26 Å². The van der Waals surface area contributed by atoms with Crippen molar-refractivity contribution >= 4 is 16.7 Å². The molecule has 0 saturated carbocycles. The number of rotatable bonds is 3. The number of nitrogens with zero attached hydrogens (tertiary/aromatic N) is 5. The lowest BCUT2D eigenvalue weighted by Gasteiger charge is -2.11. The highest BCUT2D eigenvalue weighted by atomic mass is 19.1. The summed E-state index contributed by atoms with van der Waals surface area (Å²) in [6.45, 7) is 0. The van der Waals surface area contributed by atoms with Crippen molar-refractivity contribution in [3.05, 3.63) is 66.4 Å². The molecule has 130 valence electrons. The number of fused-ring (bicyclic) bond motifs is 1. The lowest BCUT2D eigenvalue weighted by molar-refractivity contribution is 0.643. The van der Waals surface area contributed by atoms with Gasteiger partial charge in [-0.2, -0.15) is 5.26 Å². The molecule has 0 aliphatic rings. The molecule has 1 N–H and O–H groups in total. The Morgan fingerprint density at radius 2 is 2.00 bits per heavy atom. The minimum atomic E-state index is -0.447. The minimum absolute atomic E-state index is 0.282. The summed E-state index contributed by atoms with van der Waals surface area (Å²) in [6.07, 6.45) is 4.66. The Hall–Kier alpha value is -3.92. The molecule has 2 aromatic heterocycles. The normalized spacial score (nSPS) is 10.6. The van der Waals surface area contributed by atoms with E-state index < -0.39 is 5.82 Å². The van der Waals surface area contributed by atoms with Crippen molar-refractivity contribution in [2.24, 2.45) is 0 Å². The van der Waals surface area contributed by atoms with Crippen LogP contribution in [0.15, 0.2) is 55.0 Å². The van der Waals surface area contributed by atoms with E-state index in [2.05, 4.69) is 31.3 Å². The van der Waals surface area contributed by atoms with E-state index in [0.29, 0.717) is 39.5 Å². The number of nitriles is 1. The Morgan fingerprint density at radius 1 is 1.11 bits per heavy atom. The molecule has 0 atom stereocenters. The van der Waals surface area contributed by atoms with Crippen LogP contribution in [0, 0.1) is 17.1 Å². The van der Waals surface area contributed by atoms with Gasteiger partial charge in [0, 0.05) is 25.0 Å². The smallest absolute Gasteiger partial charge is 0.182 e. The van der Waals surface area contributed by atoms with Crippen LogP contribution in [-0.2, 0) is 0 Å². The van der Waals surface area contributed by atoms with Gasteiger partial charge in [0.15, 0.2) is 5.82 Å². The monoisotopic (exact) mass is 356 g/mol. The van der Waals surface area contributed by atoms with Gasteiger partial charge < -0.3 is 5.32 Å². The third-order valence-electron chi connectivity index (χ3n) is 4.13. The van der Waals surface area contributed by atoms with E-state index in [-0.39, 0.29) is 5.39 Å². The molecule has 2 aromatic carbocycles. The summed E-state index contributed by atoms with van der Waals surface area (Å²) in [7, 11) is 1.67. The summed E-state index contributed by atoms with van der Waals surface area (Å²) < 4.78 is 15.3. The molecule has 4 aromatic rings. The Labute approximate surface area is 154 Å². The van der Waals surface area contributed by atoms with Crippen LogP contribution in [0.4, 0.5) is 10.2 Å². The molecule has 6 nitrogen and oxygen atoms in total. The van der Waals surface area contributed by atoms with E-state index in [9.17, 15) is 0 Å². The van der Waals surface area contributed by atoms with E-state index >= 15 is 4.39 Å². The molecule has 27 heavy (non-hydrogen) atoms. The molecule has 0 fully saturated rings. The van der Waals surface area contributed by atoms with E-state index in [1.54, 1.807) is 62.0 Å². The number of anilines is 1. The van der Waals surface area contributed by atoms with E-state index in [1.165, 1.54) is 0 Å². The summed E-state index contributed by atoms with van der Waals surface area (Å²) in [6, 6.07) is 12.3. The molecule has 4 rings (SSSR count). The van der Waals surface area contributed by atoms with Gasteiger partial charge in [-0.15, -0.1) is 0 Å². The molecular formula is C20H13FN6. The molecule has 0 aliphatic carbocycles. The van der Waals surface area contributed by atoms with E-state index in [1.807, 2.05) is 0 Å². The zero-order chi connectivity index (χ0) is 18.8. The maximum atomic E-state index is 15.3. The van der Waals surface area contributed by atoms with Crippen LogP contribution in [0.2, 0.25) is 0 Å². The number of hydrogen-bond donors (Lipinski definition) is 1. The maximum Gasteiger partial charge on any atom is 0.182 e. The molecule has 7 heteroatoms. The Balaban J connectivity index is 1.94. The van der Waals surface area contributed by atoms with Crippen molar-refractivity contribution in [3.8, 4) is 28.7 Å². The first kappa shape index (κ1) is 16.5. The van der Waals surface area contributed by atoms with Crippen molar-refractivity contribution in [2.45, 2.75) is 0 Å². The maximum absolute atomic E-state index is 15.3. The van der Waals surface area contributed by atoms with Crippen molar-refractivity contribution < 1.29 is 4.39 Å². The van der Waals surface area contributed by atoms with Crippen LogP contribution in [0.3, 0.4) is 0 Å². The highest BCUT2D eigenvalue weighted by Gasteiger charge is 2.17. The van der Waals surface area contributed by atoms with Gasteiger partial charge in [0.2, 0.25) is 0 Å². The van der Waals surface area contributed by atoms with E-state index in [4.69, 9.17) is 5.26 Å². The number of nitrogens with one attached hydrogen (secondary N) is 1. The molecule has 2 heterocycles. The third-order valence-corrected chi connectivity index (χ3v) is 4.13. The highest BCUT2D eigenvalue weighted by Crippen LogP contribution is 2.33. The first-order valence-corrected chi connectivity index (χ1v) is 8.16. The average Bonchev–Trinajstić information content (AvgIpc) is 2.73. The van der Waals surface area contributed by atoms with Gasteiger partial charge >= 0.3 is 0 Å². The van der Waals surface area contributed by atoms with Crippen LogP contribution in [-0.4, -0.2) is 27.0 Å². The second kappa shape index (κ2) is 6.77. The van der Waals surface area contributed by atoms with Crippen LogP contribution in [0.1, 0.15) is 5.56 Å². The topological polar surface area (TPSA) is 87.4 Å². The number of benzene rings is 2. The van der Waals surface area contributed by atoms with Crippen molar-refractivity contribution in [1.82, 2.24) is 19.9 Å². The average molecular weight is 356 g/mol. The molecule has 0 amide bonds. The van der Waals surface area contributed by atoms with Crippen LogP contribution >= 0.6 is 0 Å². The summed E-state index contributed by atoms with van der Waals surface area (Å²) in [5, 5.41) is 12.3. The van der Waals surface area contributed by atoms with Gasteiger partial charge in [0.25, 0.3) is 0 Å². The van der Waals surface area contributed by atoms with Gasteiger partial charge in [0.05, 0.1) is 28.7 Å². The second-order valence-electron chi connectivity index (χ2n) is 5.75. The fourth-order valence-corrected chi connectivity index (χ4v) is 2.87. The van der Waals surface area contributed by atoms with Gasteiger partial charge in [-0.05, 0) is 29.8 Å². The lowest BCUT2D eigenvalue weighted by atomic mass is 10.0. The summed E-state index contributed by atoms with van der Waals surface area (Å²) in [5.41, 5.74) is 2.42. The number of hydrogen-bond acceptors (Lipinski definition) is 6. The van der Waals surface area contributed by atoms with Crippen LogP contribution in [0.5, 0.6) is 0 Å². The molecular weight excluding hydrogens is 343 g/mol. The molecule has 0 radical (unpaired) electrons. The highest BCUT2D eigenvalue weighted by molar-refractivity contribution is 5.94. The second-order valence-corrected chi connectivity index (χ2v) is 5.75. The van der Waals surface area contributed by atoms with Crippen molar-refractivity contribution in [2.75, 3.05) is 12.4 Å². The Morgan fingerprint density at radius 3 is 2.74 bits per heavy atom. The fourth-order valence-electron chi connectivity index (χ4n) is 2.87. The molecule has 0 unspecified atom stereocenters. The minimum Gasteiger partial charge on any atom is -0.372 e. The van der Waals surface area contributed by atoms with E-state index in [0.717, 1.165) is 0 Å². The number of aromatic nitrogens is 4. The predicted octanol–water partition coefficient (Wildman–Crippen LogP) is 3.81. The first-order chi connectivity index (χ1) is 13.2. The summed E-state index contributed by atoms with van der Waals surface area (Å²) in [5.74, 6) is 0.271. The zero-order valence-corrected chi connectivity index (χ0v) is 14.3. The molecule has 0 saturated heterocycles. The van der Waals surface area contributed by atoms with Gasteiger partial charge in [-0.3, -0.25) is 4.98 Å². The standard InChI is InChI=1S/C20H13FN6/c1-23-20-17-15(26-19(27-20)16-11-24-7-8-25-16)6-5-14(18(17)21)13-4-2-3-12(9-13)10-22/h2-9,11H,1H3,(H,23,26,27). The SMILES string of the molecule is CNc1nc(-c2cnccn2)nc2ccc(-c3cccc(C#N)c3)c(F)c12. The summed E-state index contributed by atoms with van der Waals surface area (Å²) in [4.78, 5) is 17.1. The lowest BCUT2D eigenvalue weighted by Crippen LogP contribution is -2.02. The fraction of sp³-hybridized carbons (Fsp3) is 0.0500. The largest absolute Gasteiger partial charge is 0.372 e. The molecule has 0 bridgehead atoms. The Bertz CT molecular complexity index is 1180. The van der Waals surface area contributed by atoms with Gasteiger partial charge in [-0.1, -0.05) is 12.1 Å². The third kappa shape index (κ3) is 2.93.